The zero-order chi connectivity index (χ0) is 23.4. The third kappa shape index (κ3) is 5.48. The van der Waals surface area contributed by atoms with Crippen LogP contribution in [-0.2, 0) is 11.0 Å². The molecule has 0 saturated carbocycles. The largest absolute Gasteiger partial charge is 0.421 e. The molecule has 1 saturated heterocycles. The van der Waals surface area contributed by atoms with Gasteiger partial charge in [-0.2, -0.15) is 18.2 Å². The normalized spacial score (nSPS) is 14.2. The van der Waals surface area contributed by atoms with E-state index in [9.17, 15) is 18.0 Å². The molecule has 1 aromatic carbocycles. The minimum Gasteiger partial charge on any atom is -0.353 e. The number of benzene rings is 1. The van der Waals surface area contributed by atoms with E-state index in [-0.39, 0.29) is 17.7 Å². The van der Waals surface area contributed by atoms with Gasteiger partial charge in [0.15, 0.2) is 0 Å². The maximum Gasteiger partial charge on any atom is 0.421 e. The summed E-state index contributed by atoms with van der Waals surface area (Å²) < 4.78 is 40.3. The van der Waals surface area contributed by atoms with E-state index >= 15 is 0 Å². The van der Waals surface area contributed by atoms with Crippen LogP contribution in [0.5, 0.6) is 0 Å². The minimum atomic E-state index is -4.61. The molecular weight excluding hydrogens is 435 g/mol. The van der Waals surface area contributed by atoms with Crippen LogP contribution in [0.3, 0.4) is 0 Å². The lowest BCUT2D eigenvalue weighted by atomic mass is 10.2. The van der Waals surface area contributed by atoms with Crippen LogP contribution >= 0.6 is 0 Å². The minimum absolute atomic E-state index is 0.00561. The lowest BCUT2D eigenvalue weighted by molar-refractivity contribution is -0.137. The molecule has 2 aromatic heterocycles. The molecule has 0 radical (unpaired) electrons. The lowest BCUT2D eigenvalue weighted by Crippen LogP contribution is -2.48. The van der Waals surface area contributed by atoms with E-state index in [1.54, 1.807) is 60.5 Å². The predicted octanol–water partition coefficient (Wildman–Crippen LogP) is 4.05. The second-order valence-corrected chi connectivity index (χ2v) is 7.47. The highest BCUT2D eigenvalue weighted by molar-refractivity contribution is 5.73. The summed E-state index contributed by atoms with van der Waals surface area (Å²) in [5, 5.41) is 5.60. The number of carbonyl (C=O) groups excluding carboxylic acids is 1. The molecule has 0 atom stereocenters. The Hall–Kier alpha value is -3.89. The molecule has 1 fully saturated rings. The molecule has 1 amide bonds. The number of rotatable bonds is 5. The molecule has 0 bridgehead atoms. The Kier molecular flexibility index (Phi) is 6.29. The number of amides is 1. The zero-order valence-corrected chi connectivity index (χ0v) is 17.8. The van der Waals surface area contributed by atoms with Crippen molar-refractivity contribution in [1.82, 2.24) is 19.9 Å². The van der Waals surface area contributed by atoms with E-state index < -0.39 is 11.7 Å². The van der Waals surface area contributed by atoms with Crippen LogP contribution < -0.4 is 15.5 Å². The second kappa shape index (κ2) is 9.31. The van der Waals surface area contributed by atoms with E-state index in [1.807, 2.05) is 0 Å². The smallest absolute Gasteiger partial charge is 0.353 e. The van der Waals surface area contributed by atoms with Crippen LogP contribution in [0.2, 0.25) is 0 Å². The van der Waals surface area contributed by atoms with Gasteiger partial charge in [0, 0.05) is 45.0 Å². The maximum atomic E-state index is 13.4. The van der Waals surface area contributed by atoms with Gasteiger partial charge in [0.2, 0.25) is 11.9 Å². The van der Waals surface area contributed by atoms with Crippen molar-refractivity contribution < 1.29 is 18.0 Å². The van der Waals surface area contributed by atoms with Crippen molar-refractivity contribution >= 4 is 34.9 Å². The molecule has 1 aliphatic rings. The summed E-state index contributed by atoms with van der Waals surface area (Å²) in [5.41, 5.74) is 0.0464. The zero-order valence-electron chi connectivity index (χ0n) is 17.8. The molecule has 1 aliphatic heterocycles. The summed E-state index contributed by atoms with van der Waals surface area (Å²) in [4.78, 5) is 27.6. The number of nitrogens with one attached hydrogen (secondary N) is 2. The summed E-state index contributed by atoms with van der Waals surface area (Å²) in [6.07, 6.45) is -2.29. The van der Waals surface area contributed by atoms with Crippen molar-refractivity contribution in [2.24, 2.45) is 0 Å². The summed E-state index contributed by atoms with van der Waals surface area (Å²) in [5.74, 6) is 0.466. The first-order valence-electron chi connectivity index (χ1n) is 10.3. The standard InChI is InChI=1S/C22H22F3N7O/c1-15(33)31-9-11-32(12-10-31)19-8-7-17(13-26-19)29-21-27-14-18(22(23,24)25)20(30-21)28-16-5-3-2-4-6-16/h2-8,13-14H,9-12H2,1H3,(H2,27,28,29,30). The van der Waals surface area contributed by atoms with Crippen LogP contribution in [0.25, 0.3) is 0 Å². The number of nitrogens with zero attached hydrogens (tertiary/aromatic N) is 5. The summed E-state index contributed by atoms with van der Waals surface area (Å²) in [6, 6.07) is 12.0. The third-order valence-electron chi connectivity index (χ3n) is 5.18. The monoisotopic (exact) mass is 457 g/mol. The van der Waals surface area contributed by atoms with Gasteiger partial charge in [-0.3, -0.25) is 4.79 Å². The first kappa shape index (κ1) is 22.3. The number of hydrogen-bond acceptors (Lipinski definition) is 7. The number of alkyl halides is 3. The molecule has 33 heavy (non-hydrogen) atoms. The average Bonchev–Trinajstić information content (AvgIpc) is 2.80. The number of carbonyl (C=O) groups is 1. The van der Waals surface area contributed by atoms with E-state index in [0.717, 1.165) is 12.0 Å². The fourth-order valence-corrected chi connectivity index (χ4v) is 3.43. The topological polar surface area (TPSA) is 86.3 Å². The number of halogens is 3. The molecule has 8 nitrogen and oxygen atoms in total. The van der Waals surface area contributed by atoms with Gasteiger partial charge in [0.05, 0.1) is 11.9 Å². The van der Waals surface area contributed by atoms with Gasteiger partial charge in [0.25, 0.3) is 0 Å². The van der Waals surface area contributed by atoms with Gasteiger partial charge in [0.1, 0.15) is 17.2 Å². The fourth-order valence-electron chi connectivity index (χ4n) is 3.43. The molecule has 3 aromatic rings. The lowest BCUT2D eigenvalue weighted by Gasteiger charge is -2.34. The second-order valence-electron chi connectivity index (χ2n) is 7.47. The van der Waals surface area contributed by atoms with Crippen LogP contribution in [0.1, 0.15) is 12.5 Å². The van der Waals surface area contributed by atoms with Crippen molar-refractivity contribution in [3.63, 3.8) is 0 Å². The summed E-state index contributed by atoms with van der Waals surface area (Å²) in [6.45, 7) is 4.17. The Morgan fingerprint density at radius 1 is 0.909 bits per heavy atom. The summed E-state index contributed by atoms with van der Waals surface area (Å²) >= 11 is 0. The number of anilines is 5. The average molecular weight is 457 g/mol. The van der Waals surface area contributed by atoms with E-state index in [4.69, 9.17) is 0 Å². The molecule has 3 heterocycles. The number of piperazine rings is 1. The predicted molar refractivity (Wildman–Crippen MR) is 119 cm³/mol. The number of aromatic nitrogens is 3. The van der Waals surface area contributed by atoms with Gasteiger partial charge >= 0.3 is 6.18 Å². The molecule has 2 N–H and O–H groups in total. The Morgan fingerprint density at radius 2 is 1.64 bits per heavy atom. The molecular formula is C22H22F3N7O. The van der Waals surface area contributed by atoms with E-state index in [1.165, 1.54) is 0 Å². The SMILES string of the molecule is CC(=O)N1CCN(c2ccc(Nc3ncc(C(F)(F)F)c(Nc4ccccc4)n3)cn2)CC1. The van der Waals surface area contributed by atoms with Crippen molar-refractivity contribution in [3.05, 3.63) is 60.4 Å². The van der Waals surface area contributed by atoms with Crippen LogP contribution in [0.15, 0.2) is 54.9 Å². The number of hydrogen-bond donors (Lipinski definition) is 2. The van der Waals surface area contributed by atoms with Crippen LogP contribution in [-0.4, -0.2) is 51.9 Å². The number of para-hydroxylation sites is 1. The highest BCUT2D eigenvalue weighted by atomic mass is 19.4. The van der Waals surface area contributed by atoms with Gasteiger partial charge in [-0.05, 0) is 24.3 Å². The first-order valence-corrected chi connectivity index (χ1v) is 10.3. The van der Waals surface area contributed by atoms with Crippen LogP contribution in [0, 0.1) is 0 Å². The highest BCUT2D eigenvalue weighted by Crippen LogP contribution is 2.35. The molecule has 172 valence electrons. The first-order chi connectivity index (χ1) is 15.8. The molecule has 0 unspecified atom stereocenters. The van der Waals surface area contributed by atoms with Crippen molar-refractivity contribution in [1.29, 1.82) is 0 Å². The van der Waals surface area contributed by atoms with Gasteiger partial charge in [-0.1, -0.05) is 18.2 Å². The molecule has 0 spiro atoms. The van der Waals surface area contributed by atoms with E-state index in [2.05, 4.69) is 30.5 Å². The Bertz CT molecular complexity index is 1100. The molecule has 0 aliphatic carbocycles. The fraction of sp³-hybridized carbons (Fsp3) is 0.273. The van der Waals surface area contributed by atoms with Crippen molar-refractivity contribution in [2.75, 3.05) is 41.7 Å². The van der Waals surface area contributed by atoms with E-state index in [0.29, 0.717) is 37.6 Å². The third-order valence-corrected chi connectivity index (χ3v) is 5.18. The highest BCUT2D eigenvalue weighted by Gasteiger charge is 2.35. The number of pyridine rings is 1. The Morgan fingerprint density at radius 3 is 2.24 bits per heavy atom. The quantitative estimate of drug-likeness (QED) is 0.598. The van der Waals surface area contributed by atoms with Crippen molar-refractivity contribution in [2.45, 2.75) is 13.1 Å². The van der Waals surface area contributed by atoms with Gasteiger partial charge < -0.3 is 20.4 Å². The van der Waals surface area contributed by atoms with Gasteiger partial charge in [-0.25, -0.2) is 9.97 Å². The molecule has 11 heteroatoms. The van der Waals surface area contributed by atoms with Crippen molar-refractivity contribution in [3.8, 4) is 0 Å². The summed E-state index contributed by atoms with van der Waals surface area (Å²) in [7, 11) is 0. The van der Waals surface area contributed by atoms with Crippen LogP contribution in [0.4, 0.5) is 42.1 Å². The molecule has 4 rings (SSSR count). The Balaban J connectivity index is 1.48. The van der Waals surface area contributed by atoms with Gasteiger partial charge in [-0.15, -0.1) is 0 Å². The Labute approximate surface area is 188 Å². The maximum absolute atomic E-state index is 13.4.